The van der Waals surface area contributed by atoms with Gasteiger partial charge in [-0.15, -0.1) is 0 Å². The van der Waals surface area contributed by atoms with Gasteiger partial charge in [-0.25, -0.2) is 19.2 Å². The Morgan fingerprint density at radius 1 is 1.47 bits per heavy atom. The van der Waals surface area contributed by atoms with Crippen molar-refractivity contribution < 1.29 is 19.0 Å². The van der Waals surface area contributed by atoms with E-state index in [4.69, 9.17) is 16.3 Å². The monoisotopic (exact) mass is 463 g/mol. The fourth-order valence-electron chi connectivity index (χ4n) is 4.06. The van der Waals surface area contributed by atoms with Crippen LogP contribution in [-0.4, -0.2) is 57.9 Å². The highest BCUT2D eigenvalue weighted by Crippen LogP contribution is 2.23. The van der Waals surface area contributed by atoms with Crippen molar-refractivity contribution in [1.29, 1.82) is 0 Å². The number of hydrogen-bond acceptors (Lipinski definition) is 6. The smallest absolute Gasteiger partial charge is 0.318 e. The highest BCUT2D eigenvalue weighted by Gasteiger charge is 2.26. The summed E-state index contributed by atoms with van der Waals surface area (Å²) in [7, 11) is 0. The largest absolute Gasteiger partial charge is 0.394 e. The third-order valence-electron chi connectivity index (χ3n) is 5.88. The van der Waals surface area contributed by atoms with Crippen molar-refractivity contribution in [2.45, 2.75) is 50.9 Å². The van der Waals surface area contributed by atoms with Crippen LogP contribution in [0.15, 0.2) is 24.4 Å². The second-order valence-corrected chi connectivity index (χ2v) is 8.65. The molecule has 8 nitrogen and oxygen atoms in total. The molecule has 172 valence electrons. The molecule has 3 heterocycles. The lowest BCUT2D eigenvalue weighted by atomic mass is 10.0. The number of ether oxygens (including phenoxy) is 1. The predicted molar refractivity (Wildman–Crippen MR) is 118 cm³/mol. The van der Waals surface area contributed by atoms with Crippen LogP contribution < -0.4 is 10.6 Å². The molecule has 32 heavy (non-hydrogen) atoms. The third-order valence-corrected chi connectivity index (χ3v) is 6.18. The van der Waals surface area contributed by atoms with Crippen LogP contribution in [0.25, 0.3) is 0 Å². The standard InChI is InChI=1S/C22H27ClFN5O3/c1-13-8-16(5-7-32-13)26-21-25-10-15-4-6-29(11-19(15)27-21)22(31)28-20(12-30)14-2-3-17(23)18(24)9-14/h2-3,9-10,13,16,20,30H,4-8,11-12H2,1H3,(H,28,31)(H,25,26,27). The quantitative estimate of drug-likeness (QED) is 0.630. The number of aromatic nitrogens is 2. The number of rotatable bonds is 5. The molecule has 3 atom stereocenters. The number of fused-ring (bicyclic) bond motifs is 1. The lowest BCUT2D eigenvalue weighted by Gasteiger charge is -2.31. The molecule has 1 saturated heterocycles. The van der Waals surface area contributed by atoms with Crippen LogP contribution in [0.3, 0.4) is 0 Å². The highest BCUT2D eigenvalue weighted by atomic mass is 35.5. The molecule has 4 rings (SSSR count). The van der Waals surface area contributed by atoms with Crippen molar-refractivity contribution in [1.82, 2.24) is 20.2 Å². The van der Waals surface area contributed by atoms with E-state index in [1.54, 1.807) is 11.0 Å². The molecule has 10 heteroatoms. The number of halogens is 2. The number of carbonyl (C=O) groups excluding carboxylic acids is 1. The van der Waals surface area contributed by atoms with Crippen LogP contribution >= 0.6 is 11.6 Å². The molecule has 0 bridgehead atoms. The van der Waals surface area contributed by atoms with E-state index in [0.717, 1.165) is 24.1 Å². The zero-order valence-corrected chi connectivity index (χ0v) is 18.6. The van der Waals surface area contributed by atoms with Gasteiger partial charge in [0.05, 0.1) is 36.0 Å². The van der Waals surface area contributed by atoms with Gasteiger partial charge in [0, 0.05) is 25.4 Å². The second-order valence-electron chi connectivity index (χ2n) is 8.24. The van der Waals surface area contributed by atoms with E-state index >= 15 is 0 Å². The van der Waals surface area contributed by atoms with E-state index in [-0.39, 0.29) is 29.8 Å². The van der Waals surface area contributed by atoms with E-state index in [0.29, 0.717) is 37.6 Å². The average molecular weight is 464 g/mol. The molecule has 2 amide bonds. The Bertz CT molecular complexity index is 979. The number of amides is 2. The Kier molecular flexibility index (Phi) is 7.07. The fourth-order valence-corrected chi connectivity index (χ4v) is 4.18. The van der Waals surface area contributed by atoms with Crippen LogP contribution in [0.4, 0.5) is 15.1 Å². The number of anilines is 1. The van der Waals surface area contributed by atoms with Crippen molar-refractivity contribution in [3.63, 3.8) is 0 Å². The second kappa shape index (κ2) is 9.97. The molecule has 1 aromatic heterocycles. The minimum Gasteiger partial charge on any atom is -0.394 e. The van der Waals surface area contributed by atoms with Crippen molar-refractivity contribution >= 4 is 23.6 Å². The average Bonchev–Trinajstić information content (AvgIpc) is 2.78. The molecule has 0 radical (unpaired) electrons. The molecule has 1 aromatic carbocycles. The van der Waals surface area contributed by atoms with E-state index in [2.05, 4.69) is 27.5 Å². The number of carbonyl (C=O) groups is 1. The number of nitrogens with one attached hydrogen (secondary N) is 2. The lowest BCUT2D eigenvalue weighted by Crippen LogP contribution is -2.45. The SMILES string of the molecule is CC1CC(Nc2ncc3c(n2)CN(C(=O)NC(CO)c2ccc(Cl)c(F)c2)CC3)CCO1. The van der Waals surface area contributed by atoms with Gasteiger partial charge in [-0.3, -0.25) is 0 Å². The maximum atomic E-state index is 13.8. The Morgan fingerprint density at radius 3 is 3.06 bits per heavy atom. The lowest BCUT2D eigenvalue weighted by molar-refractivity contribution is 0.0231. The number of nitrogens with zero attached hydrogens (tertiary/aromatic N) is 3. The summed E-state index contributed by atoms with van der Waals surface area (Å²) in [5.41, 5.74) is 2.25. The summed E-state index contributed by atoms with van der Waals surface area (Å²) in [6.07, 6.45) is 4.44. The topological polar surface area (TPSA) is 99.6 Å². The van der Waals surface area contributed by atoms with Crippen LogP contribution in [-0.2, 0) is 17.7 Å². The predicted octanol–water partition coefficient (Wildman–Crippen LogP) is 3.05. The summed E-state index contributed by atoms with van der Waals surface area (Å²) in [4.78, 5) is 23.6. The van der Waals surface area contributed by atoms with Gasteiger partial charge in [0.1, 0.15) is 5.82 Å². The number of benzene rings is 1. The molecule has 0 aliphatic carbocycles. The van der Waals surface area contributed by atoms with Crippen LogP contribution in [0.5, 0.6) is 0 Å². The zero-order valence-electron chi connectivity index (χ0n) is 17.9. The van der Waals surface area contributed by atoms with Gasteiger partial charge in [0.15, 0.2) is 0 Å². The Labute approximate surface area is 191 Å². The Hall–Kier alpha value is -2.49. The molecular formula is C22H27ClFN5O3. The van der Waals surface area contributed by atoms with E-state index in [9.17, 15) is 14.3 Å². The van der Waals surface area contributed by atoms with Gasteiger partial charge in [-0.1, -0.05) is 17.7 Å². The zero-order chi connectivity index (χ0) is 22.7. The minimum absolute atomic E-state index is 0.0105. The summed E-state index contributed by atoms with van der Waals surface area (Å²) < 4.78 is 19.4. The molecule has 2 aromatic rings. The molecular weight excluding hydrogens is 437 g/mol. The molecule has 0 saturated carbocycles. The number of aliphatic hydroxyl groups is 1. The summed E-state index contributed by atoms with van der Waals surface area (Å²) in [6, 6.07) is 3.37. The summed E-state index contributed by atoms with van der Waals surface area (Å²) in [5, 5.41) is 15.9. The van der Waals surface area contributed by atoms with Gasteiger partial charge >= 0.3 is 6.03 Å². The van der Waals surface area contributed by atoms with Crippen LogP contribution in [0, 0.1) is 5.82 Å². The van der Waals surface area contributed by atoms with E-state index in [1.807, 2.05) is 6.20 Å². The first-order valence-corrected chi connectivity index (χ1v) is 11.1. The highest BCUT2D eigenvalue weighted by molar-refractivity contribution is 6.30. The van der Waals surface area contributed by atoms with Crippen molar-refractivity contribution in [2.75, 3.05) is 25.1 Å². The third kappa shape index (κ3) is 5.28. The number of aliphatic hydroxyl groups excluding tert-OH is 1. The minimum atomic E-state index is -0.742. The summed E-state index contributed by atoms with van der Waals surface area (Å²) >= 11 is 5.73. The first-order chi connectivity index (χ1) is 15.4. The molecule has 3 unspecified atom stereocenters. The van der Waals surface area contributed by atoms with Crippen molar-refractivity contribution in [2.24, 2.45) is 0 Å². The number of urea groups is 1. The van der Waals surface area contributed by atoms with Crippen LogP contribution in [0.2, 0.25) is 5.02 Å². The summed E-state index contributed by atoms with van der Waals surface area (Å²) in [6.45, 7) is 3.23. The van der Waals surface area contributed by atoms with Gasteiger partial charge in [-0.2, -0.15) is 0 Å². The van der Waals surface area contributed by atoms with Crippen LogP contribution in [0.1, 0.15) is 42.6 Å². The van der Waals surface area contributed by atoms with Gasteiger partial charge in [0.2, 0.25) is 5.95 Å². The van der Waals surface area contributed by atoms with Gasteiger partial charge < -0.3 is 25.4 Å². The van der Waals surface area contributed by atoms with Gasteiger partial charge in [0.25, 0.3) is 0 Å². The van der Waals surface area contributed by atoms with E-state index in [1.165, 1.54) is 12.1 Å². The fraction of sp³-hybridized carbons (Fsp3) is 0.500. The normalized spacial score (nSPS) is 21.6. The first kappa shape index (κ1) is 22.7. The Balaban J connectivity index is 1.41. The first-order valence-electron chi connectivity index (χ1n) is 10.8. The molecule has 0 spiro atoms. The van der Waals surface area contributed by atoms with Crippen molar-refractivity contribution in [3.05, 3.63) is 52.1 Å². The number of hydrogen-bond donors (Lipinski definition) is 3. The van der Waals surface area contributed by atoms with Crippen molar-refractivity contribution in [3.8, 4) is 0 Å². The molecule has 1 fully saturated rings. The maximum absolute atomic E-state index is 13.8. The molecule has 3 N–H and O–H groups in total. The Morgan fingerprint density at radius 2 is 2.31 bits per heavy atom. The maximum Gasteiger partial charge on any atom is 0.318 e. The molecule has 2 aliphatic heterocycles. The van der Waals surface area contributed by atoms with E-state index < -0.39 is 11.9 Å². The molecule has 2 aliphatic rings. The summed E-state index contributed by atoms with van der Waals surface area (Å²) in [5.74, 6) is -0.0469. The van der Waals surface area contributed by atoms with Gasteiger partial charge in [-0.05, 0) is 49.4 Å².